The number of hydrogen-bond donors (Lipinski definition) is 0. The monoisotopic (exact) mass is 371 g/mol. The summed E-state index contributed by atoms with van der Waals surface area (Å²) in [6.45, 7) is 1.95. The molecule has 0 amide bonds. The van der Waals surface area contributed by atoms with E-state index < -0.39 is 23.9 Å². The van der Waals surface area contributed by atoms with Crippen LogP contribution in [0.5, 0.6) is 0 Å². The molecule has 2 heterocycles. The first-order valence-electron chi connectivity index (χ1n) is 8.12. The third kappa shape index (κ3) is 3.57. The van der Waals surface area contributed by atoms with E-state index in [0.29, 0.717) is 11.3 Å². The lowest BCUT2D eigenvalue weighted by molar-refractivity contribution is -0.145. The molecule has 0 bridgehead atoms. The molecule has 1 fully saturated rings. The van der Waals surface area contributed by atoms with Crippen LogP contribution in [0, 0.1) is 0 Å². The summed E-state index contributed by atoms with van der Waals surface area (Å²) in [5.74, 6) is -0.893. The molecule has 8 heteroatoms. The lowest BCUT2D eigenvalue weighted by Gasteiger charge is -2.22. The molecule has 2 aromatic rings. The number of rotatable bonds is 6. The zero-order chi connectivity index (χ0) is 18.5. The topological polar surface area (TPSA) is 92.2 Å². The van der Waals surface area contributed by atoms with Gasteiger partial charge in [-0.25, -0.2) is 9.86 Å². The van der Waals surface area contributed by atoms with Crippen molar-refractivity contribution in [1.82, 2.24) is 0 Å². The largest absolute Gasteiger partial charge is 0.464 e. The molecular weight excluding hydrogens is 354 g/mol. The fraction of sp³-hybridized carbons (Fsp3) is 0.278. The Labute approximate surface area is 154 Å². The Kier molecular flexibility index (Phi) is 5.58. The van der Waals surface area contributed by atoms with Crippen LogP contribution in [0.15, 0.2) is 47.2 Å². The number of benzene rings is 1. The summed E-state index contributed by atoms with van der Waals surface area (Å²) < 4.78 is 5.13. The van der Waals surface area contributed by atoms with E-state index in [2.05, 4.69) is 4.79 Å². The third-order valence-electron chi connectivity index (χ3n) is 3.96. The first-order valence-corrected chi connectivity index (χ1v) is 9.06. The standard InChI is InChI=1S/C18H17N3O4S/c1-2-24-18(23)14-10-15(25-21(14)13-6-4-3-5-7-13)16(20-19)17(22)12-8-9-26-11-12/h3-9,11,14-15H,2,10H2,1H3/t14-,15+/m1/s1. The van der Waals surface area contributed by atoms with Crippen LogP contribution in [-0.2, 0) is 14.4 Å². The van der Waals surface area contributed by atoms with Gasteiger partial charge in [-0.2, -0.15) is 16.1 Å². The minimum Gasteiger partial charge on any atom is -0.464 e. The van der Waals surface area contributed by atoms with Crippen molar-refractivity contribution in [2.24, 2.45) is 0 Å². The fourth-order valence-electron chi connectivity index (χ4n) is 2.76. The van der Waals surface area contributed by atoms with Gasteiger partial charge < -0.3 is 10.3 Å². The molecule has 1 saturated heterocycles. The Morgan fingerprint density at radius 2 is 2.12 bits per heavy atom. The molecule has 3 rings (SSSR count). The van der Waals surface area contributed by atoms with Crippen molar-refractivity contribution < 1.29 is 24.0 Å². The van der Waals surface area contributed by atoms with Gasteiger partial charge in [-0.3, -0.25) is 9.63 Å². The number of Topliss-reactive ketones (excluding diaryl/α,β-unsaturated/α-hetero) is 1. The molecule has 0 N–H and O–H groups in total. The van der Waals surface area contributed by atoms with Gasteiger partial charge in [0.25, 0.3) is 5.78 Å². The number of anilines is 1. The zero-order valence-electron chi connectivity index (χ0n) is 14.1. The molecule has 1 aromatic heterocycles. The highest BCUT2D eigenvalue weighted by molar-refractivity contribution is 7.08. The Bertz CT molecular complexity index is 831. The SMILES string of the molecule is CCOC(=O)[C@H]1C[C@@H](C(=[N+]=[N-])C(=O)c2ccsc2)ON1c1ccccc1. The number of esters is 1. The average molecular weight is 371 g/mol. The van der Waals surface area contributed by atoms with E-state index in [-0.39, 0.29) is 18.7 Å². The van der Waals surface area contributed by atoms with E-state index in [0.717, 1.165) is 0 Å². The van der Waals surface area contributed by atoms with E-state index in [4.69, 9.17) is 9.57 Å². The summed E-state index contributed by atoms with van der Waals surface area (Å²) in [5.41, 5.74) is 10.3. The molecule has 0 radical (unpaired) electrons. The van der Waals surface area contributed by atoms with Gasteiger partial charge in [0, 0.05) is 17.4 Å². The molecular formula is C18H17N3O4S. The summed E-state index contributed by atoms with van der Waals surface area (Å²) in [6.07, 6.45) is -0.717. The lowest BCUT2D eigenvalue weighted by Crippen LogP contribution is -2.36. The molecule has 0 spiro atoms. The van der Waals surface area contributed by atoms with Crippen molar-refractivity contribution in [2.45, 2.75) is 25.5 Å². The predicted molar refractivity (Wildman–Crippen MR) is 96.1 cm³/mol. The highest BCUT2D eigenvalue weighted by atomic mass is 32.1. The van der Waals surface area contributed by atoms with Gasteiger partial charge in [0.2, 0.25) is 0 Å². The normalized spacial score (nSPS) is 19.0. The van der Waals surface area contributed by atoms with Crippen molar-refractivity contribution in [2.75, 3.05) is 11.7 Å². The maximum absolute atomic E-state index is 12.6. The smallest absolute Gasteiger partial charge is 0.370 e. The molecule has 1 aliphatic heterocycles. The van der Waals surface area contributed by atoms with Gasteiger partial charge in [-0.1, -0.05) is 18.2 Å². The maximum Gasteiger partial charge on any atom is 0.370 e. The van der Waals surface area contributed by atoms with Crippen LogP contribution in [0.3, 0.4) is 0 Å². The van der Waals surface area contributed by atoms with Gasteiger partial charge >= 0.3 is 11.7 Å². The van der Waals surface area contributed by atoms with Gasteiger partial charge in [-0.15, -0.1) is 0 Å². The predicted octanol–water partition coefficient (Wildman–Crippen LogP) is 2.74. The van der Waals surface area contributed by atoms with Crippen molar-refractivity contribution in [3.8, 4) is 0 Å². The second kappa shape index (κ2) is 8.05. The minimum absolute atomic E-state index is 0.142. The van der Waals surface area contributed by atoms with Crippen LogP contribution in [0.4, 0.5) is 5.69 Å². The Hall–Kier alpha value is -2.80. The first-order chi connectivity index (χ1) is 12.7. The number of nitrogens with zero attached hydrogens (tertiary/aromatic N) is 3. The number of ketones is 1. The van der Waals surface area contributed by atoms with Crippen molar-refractivity contribution >= 4 is 34.5 Å². The highest BCUT2D eigenvalue weighted by Crippen LogP contribution is 2.29. The highest BCUT2D eigenvalue weighted by Gasteiger charge is 2.47. The first kappa shape index (κ1) is 18.0. The summed E-state index contributed by atoms with van der Waals surface area (Å²) in [7, 11) is 0. The van der Waals surface area contributed by atoms with E-state index in [1.165, 1.54) is 16.4 Å². The molecule has 1 aliphatic rings. The van der Waals surface area contributed by atoms with Gasteiger partial charge in [0.15, 0.2) is 12.1 Å². The molecule has 0 saturated carbocycles. The van der Waals surface area contributed by atoms with E-state index in [1.54, 1.807) is 35.9 Å². The Morgan fingerprint density at radius 3 is 2.73 bits per heavy atom. The van der Waals surface area contributed by atoms with E-state index in [1.807, 2.05) is 18.2 Å². The van der Waals surface area contributed by atoms with Gasteiger partial charge in [0.1, 0.15) is 0 Å². The minimum atomic E-state index is -0.859. The zero-order valence-corrected chi connectivity index (χ0v) is 14.9. The third-order valence-corrected chi connectivity index (χ3v) is 4.64. The summed E-state index contributed by atoms with van der Waals surface area (Å²) in [5, 5.41) is 4.84. The number of carbonyl (C=O) groups is 2. The van der Waals surface area contributed by atoms with Crippen LogP contribution >= 0.6 is 11.3 Å². The second-order valence-corrected chi connectivity index (χ2v) is 6.37. The van der Waals surface area contributed by atoms with Crippen molar-refractivity contribution in [1.29, 1.82) is 0 Å². The average Bonchev–Trinajstić information content (AvgIpc) is 3.33. The molecule has 2 atom stereocenters. The summed E-state index contributed by atoms with van der Waals surface area (Å²) in [4.78, 5) is 33.9. The number of hydroxylamine groups is 1. The Balaban J connectivity index is 1.88. The summed E-state index contributed by atoms with van der Waals surface area (Å²) >= 11 is 1.36. The number of thiophene rings is 1. The van der Waals surface area contributed by atoms with Crippen molar-refractivity contribution in [3.05, 3.63) is 58.3 Å². The fourth-order valence-corrected chi connectivity index (χ4v) is 3.39. The van der Waals surface area contributed by atoms with E-state index >= 15 is 0 Å². The van der Waals surface area contributed by atoms with Crippen LogP contribution in [-0.4, -0.2) is 41.0 Å². The quantitative estimate of drug-likeness (QED) is 0.256. The van der Waals surface area contributed by atoms with Gasteiger partial charge in [0.05, 0.1) is 12.3 Å². The number of para-hydroxylation sites is 1. The van der Waals surface area contributed by atoms with Crippen LogP contribution in [0.2, 0.25) is 0 Å². The van der Waals surface area contributed by atoms with Crippen molar-refractivity contribution in [3.63, 3.8) is 0 Å². The van der Waals surface area contributed by atoms with Crippen LogP contribution < -0.4 is 5.06 Å². The Morgan fingerprint density at radius 1 is 1.35 bits per heavy atom. The maximum atomic E-state index is 12.6. The number of hydrogen-bond acceptors (Lipinski definition) is 6. The van der Waals surface area contributed by atoms with Gasteiger partial charge in [-0.05, 0) is 30.5 Å². The van der Waals surface area contributed by atoms with Crippen LogP contribution in [0.25, 0.3) is 5.53 Å². The lowest BCUT2D eigenvalue weighted by atomic mass is 10.0. The molecule has 26 heavy (non-hydrogen) atoms. The molecule has 7 nitrogen and oxygen atoms in total. The second-order valence-electron chi connectivity index (χ2n) is 5.59. The van der Waals surface area contributed by atoms with Crippen LogP contribution in [0.1, 0.15) is 23.7 Å². The molecule has 0 unspecified atom stereocenters. The van der Waals surface area contributed by atoms with E-state index in [9.17, 15) is 15.1 Å². The number of ether oxygens (including phenoxy) is 1. The summed E-state index contributed by atoms with van der Waals surface area (Å²) in [6, 6.07) is 9.94. The number of carbonyl (C=O) groups excluding carboxylic acids is 2. The molecule has 1 aromatic carbocycles. The molecule has 0 aliphatic carbocycles. The molecule has 134 valence electrons.